The van der Waals surface area contributed by atoms with E-state index in [1.54, 1.807) is 18.4 Å². The van der Waals surface area contributed by atoms with Gasteiger partial charge in [0.25, 0.3) is 0 Å². The Balaban J connectivity index is 1.71. The number of nitrogens with one attached hydrogen (secondary N) is 1. The van der Waals surface area contributed by atoms with Gasteiger partial charge in [0.05, 0.1) is 6.26 Å². The Morgan fingerprint density at radius 2 is 2.12 bits per heavy atom. The molecule has 2 rings (SSSR count). The zero-order valence-electron chi connectivity index (χ0n) is 9.16. The zero-order chi connectivity index (χ0) is 11.2. The van der Waals surface area contributed by atoms with Crippen molar-refractivity contribution in [3.63, 3.8) is 0 Å². The summed E-state index contributed by atoms with van der Waals surface area (Å²) in [5.74, 6) is -0.190. The van der Waals surface area contributed by atoms with E-state index < -0.39 is 0 Å². The van der Waals surface area contributed by atoms with E-state index in [4.69, 9.17) is 4.74 Å². The Morgan fingerprint density at radius 3 is 2.81 bits per heavy atom. The first-order chi connectivity index (χ1) is 7.84. The van der Waals surface area contributed by atoms with Crippen molar-refractivity contribution in [1.29, 1.82) is 0 Å². The second-order valence-corrected chi connectivity index (χ2v) is 3.96. The van der Waals surface area contributed by atoms with Crippen molar-refractivity contribution in [1.82, 2.24) is 5.32 Å². The van der Waals surface area contributed by atoms with Gasteiger partial charge in [-0.2, -0.15) is 0 Å². The number of hydrogen-bond donors (Lipinski definition) is 1. The maximum Gasteiger partial charge on any atom is 0.123 e. The number of benzene rings is 1. The molecule has 16 heavy (non-hydrogen) atoms. The average Bonchev–Trinajstić information content (AvgIpc) is 2.33. The van der Waals surface area contributed by atoms with Gasteiger partial charge in [-0.25, -0.2) is 4.39 Å². The summed E-state index contributed by atoms with van der Waals surface area (Å²) in [6.45, 7) is 1.59. The van der Waals surface area contributed by atoms with Gasteiger partial charge in [0.1, 0.15) is 11.9 Å². The van der Waals surface area contributed by atoms with Crippen LogP contribution in [0.15, 0.2) is 36.6 Å². The quantitative estimate of drug-likeness (QED) is 0.843. The number of halogens is 1. The average molecular weight is 221 g/mol. The van der Waals surface area contributed by atoms with Crippen molar-refractivity contribution in [3.8, 4) is 0 Å². The first kappa shape index (κ1) is 11.1. The van der Waals surface area contributed by atoms with Crippen LogP contribution in [0.2, 0.25) is 0 Å². The summed E-state index contributed by atoms with van der Waals surface area (Å²) in [5, 5.41) is 3.31. The van der Waals surface area contributed by atoms with Crippen LogP contribution in [-0.2, 0) is 11.3 Å². The molecule has 1 N–H and O–H groups in total. The third-order valence-corrected chi connectivity index (χ3v) is 2.64. The van der Waals surface area contributed by atoms with Gasteiger partial charge in [0.15, 0.2) is 0 Å². The van der Waals surface area contributed by atoms with E-state index in [1.165, 1.54) is 12.1 Å². The predicted molar refractivity (Wildman–Crippen MR) is 61.4 cm³/mol. The van der Waals surface area contributed by atoms with Gasteiger partial charge in [-0.1, -0.05) is 12.1 Å². The second-order valence-electron chi connectivity index (χ2n) is 3.96. The molecule has 0 aliphatic carbocycles. The van der Waals surface area contributed by atoms with Gasteiger partial charge >= 0.3 is 0 Å². The summed E-state index contributed by atoms with van der Waals surface area (Å²) >= 11 is 0. The molecule has 1 aliphatic rings. The maximum atomic E-state index is 12.7. The molecule has 0 bridgehead atoms. The number of allylic oxidation sites excluding steroid dienone is 1. The topological polar surface area (TPSA) is 21.3 Å². The lowest BCUT2D eigenvalue weighted by Gasteiger charge is -2.19. The van der Waals surface area contributed by atoms with E-state index in [0.29, 0.717) is 0 Å². The summed E-state index contributed by atoms with van der Waals surface area (Å²) in [6, 6.07) is 6.56. The van der Waals surface area contributed by atoms with Crippen molar-refractivity contribution in [2.75, 3.05) is 6.54 Å². The summed E-state index contributed by atoms with van der Waals surface area (Å²) in [7, 11) is 0. The highest BCUT2D eigenvalue weighted by atomic mass is 19.1. The molecule has 2 nitrogen and oxygen atoms in total. The first-order valence-electron chi connectivity index (χ1n) is 5.60. The lowest BCUT2D eigenvalue weighted by molar-refractivity contribution is 0.122. The van der Waals surface area contributed by atoms with Crippen LogP contribution in [0.3, 0.4) is 0 Å². The number of ether oxygens (including phenoxy) is 1. The standard InChI is InChI=1S/C13H16FNO/c14-12-6-4-11(5-7-12)9-15-10-13-3-1-2-8-16-13/h2,4-8,13,15H,1,3,9-10H2. The zero-order valence-corrected chi connectivity index (χ0v) is 9.16. The van der Waals surface area contributed by atoms with Gasteiger partial charge in [0.2, 0.25) is 0 Å². The lowest BCUT2D eigenvalue weighted by atomic mass is 10.1. The fourth-order valence-corrected chi connectivity index (χ4v) is 1.71. The molecule has 3 heteroatoms. The largest absolute Gasteiger partial charge is 0.497 e. The van der Waals surface area contributed by atoms with Gasteiger partial charge in [0, 0.05) is 13.1 Å². The van der Waals surface area contributed by atoms with Crippen LogP contribution >= 0.6 is 0 Å². The molecule has 0 fully saturated rings. The summed E-state index contributed by atoms with van der Waals surface area (Å²) in [5.41, 5.74) is 1.09. The van der Waals surface area contributed by atoms with Crippen LogP contribution in [-0.4, -0.2) is 12.6 Å². The van der Waals surface area contributed by atoms with Gasteiger partial charge < -0.3 is 10.1 Å². The molecule has 1 aromatic rings. The van der Waals surface area contributed by atoms with Crippen LogP contribution in [0.5, 0.6) is 0 Å². The number of hydrogen-bond acceptors (Lipinski definition) is 2. The second kappa shape index (κ2) is 5.66. The molecule has 1 aromatic carbocycles. The van der Waals surface area contributed by atoms with Gasteiger partial charge in [-0.15, -0.1) is 0 Å². The Hall–Kier alpha value is -1.35. The SMILES string of the molecule is Fc1ccc(CNCC2CCC=CO2)cc1. The van der Waals surface area contributed by atoms with E-state index in [-0.39, 0.29) is 11.9 Å². The lowest BCUT2D eigenvalue weighted by Crippen LogP contribution is -2.28. The minimum Gasteiger partial charge on any atom is -0.497 e. The molecule has 0 radical (unpaired) electrons. The molecule has 1 unspecified atom stereocenters. The van der Waals surface area contributed by atoms with Crippen LogP contribution in [0, 0.1) is 5.82 Å². The van der Waals surface area contributed by atoms with Crippen molar-refractivity contribution in [3.05, 3.63) is 48.0 Å². The fraction of sp³-hybridized carbons (Fsp3) is 0.385. The van der Waals surface area contributed by atoms with E-state index in [0.717, 1.165) is 31.5 Å². The van der Waals surface area contributed by atoms with Crippen LogP contribution in [0.25, 0.3) is 0 Å². The molecular formula is C13H16FNO. The van der Waals surface area contributed by atoms with Crippen molar-refractivity contribution >= 4 is 0 Å². The first-order valence-corrected chi connectivity index (χ1v) is 5.60. The molecule has 1 atom stereocenters. The molecule has 1 heterocycles. The van der Waals surface area contributed by atoms with Crippen molar-refractivity contribution in [2.45, 2.75) is 25.5 Å². The predicted octanol–water partition coefficient (Wildman–Crippen LogP) is 2.61. The maximum absolute atomic E-state index is 12.7. The Labute approximate surface area is 95.1 Å². The Kier molecular flexibility index (Phi) is 3.94. The fourth-order valence-electron chi connectivity index (χ4n) is 1.71. The number of rotatable bonds is 4. The van der Waals surface area contributed by atoms with Gasteiger partial charge in [-0.3, -0.25) is 0 Å². The monoisotopic (exact) mass is 221 g/mol. The highest BCUT2D eigenvalue weighted by Gasteiger charge is 2.09. The van der Waals surface area contributed by atoms with Gasteiger partial charge in [-0.05, 0) is 36.6 Å². The molecule has 0 saturated carbocycles. The van der Waals surface area contributed by atoms with Crippen molar-refractivity contribution < 1.29 is 9.13 Å². The highest BCUT2D eigenvalue weighted by Crippen LogP contribution is 2.09. The minimum absolute atomic E-state index is 0.190. The van der Waals surface area contributed by atoms with Crippen LogP contribution in [0.4, 0.5) is 4.39 Å². The van der Waals surface area contributed by atoms with E-state index in [9.17, 15) is 4.39 Å². The van der Waals surface area contributed by atoms with Crippen LogP contribution < -0.4 is 5.32 Å². The smallest absolute Gasteiger partial charge is 0.123 e. The third-order valence-electron chi connectivity index (χ3n) is 2.64. The summed E-state index contributed by atoms with van der Waals surface area (Å²) in [4.78, 5) is 0. The molecule has 0 amide bonds. The summed E-state index contributed by atoms with van der Waals surface area (Å²) in [6.07, 6.45) is 6.23. The minimum atomic E-state index is -0.190. The van der Waals surface area contributed by atoms with Crippen molar-refractivity contribution in [2.24, 2.45) is 0 Å². The third kappa shape index (κ3) is 3.35. The molecule has 1 aliphatic heterocycles. The van der Waals surface area contributed by atoms with E-state index >= 15 is 0 Å². The Bertz CT molecular complexity index is 347. The normalized spacial score (nSPS) is 19.4. The van der Waals surface area contributed by atoms with Crippen LogP contribution in [0.1, 0.15) is 18.4 Å². The molecular weight excluding hydrogens is 205 g/mol. The Morgan fingerprint density at radius 1 is 1.31 bits per heavy atom. The van der Waals surface area contributed by atoms with E-state index in [1.807, 2.05) is 6.08 Å². The molecule has 0 aromatic heterocycles. The molecule has 0 spiro atoms. The highest BCUT2D eigenvalue weighted by molar-refractivity contribution is 5.15. The molecule has 86 valence electrons. The molecule has 0 saturated heterocycles. The van der Waals surface area contributed by atoms with E-state index in [2.05, 4.69) is 5.32 Å². The summed E-state index contributed by atoms with van der Waals surface area (Å²) < 4.78 is 18.1.